The van der Waals surface area contributed by atoms with Gasteiger partial charge in [-0.05, 0) is 25.0 Å². The molecule has 2 heterocycles. The molecule has 1 aromatic heterocycles. The zero-order valence-electron chi connectivity index (χ0n) is 16.8. The molecule has 6 heteroatoms. The number of carbonyl (C=O) groups is 1. The summed E-state index contributed by atoms with van der Waals surface area (Å²) in [5.74, 6) is 0.739. The first-order valence-electron chi connectivity index (χ1n) is 9.93. The van der Waals surface area contributed by atoms with Crippen molar-refractivity contribution in [3.8, 4) is 11.3 Å². The number of aromatic nitrogens is 2. The van der Waals surface area contributed by atoms with Crippen LogP contribution in [0.2, 0.25) is 0 Å². The van der Waals surface area contributed by atoms with Crippen LogP contribution < -0.4 is 5.32 Å². The number of urea groups is 1. The lowest BCUT2D eigenvalue weighted by Crippen LogP contribution is -2.48. The van der Waals surface area contributed by atoms with E-state index in [1.807, 2.05) is 43.5 Å². The molecule has 2 atom stereocenters. The number of morpholine rings is 1. The van der Waals surface area contributed by atoms with E-state index < -0.39 is 0 Å². The quantitative estimate of drug-likeness (QED) is 0.700. The summed E-state index contributed by atoms with van der Waals surface area (Å²) < 4.78 is 5.66. The molecule has 1 aliphatic rings. The fourth-order valence-electron chi connectivity index (χ4n) is 3.55. The number of aryl methyl sites for hydroxylation is 1. The molecule has 2 N–H and O–H groups in total. The van der Waals surface area contributed by atoms with Crippen molar-refractivity contribution in [3.05, 3.63) is 77.7 Å². The summed E-state index contributed by atoms with van der Waals surface area (Å²) in [5.41, 5.74) is 4.29. The Kier molecular flexibility index (Phi) is 5.62. The Hall–Kier alpha value is -3.12. The number of aromatic amines is 1. The van der Waals surface area contributed by atoms with Crippen LogP contribution in [0.3, 0.4) is 0 Å². The van der Waals surface area contributed by atoms with E-state index in [0.29, 0.717) is 19.8 Å². The van der Waals surface area contributed by atoms with Crippen molar-refractivity contribution in [2.45, 2.75) is 25.9 Å². The van der Waals surface area contributed by atoms with E-state index in [0.717, 1.165) is 22.6 Å². The van der Waals surface area contributed by atoms with Crippen molar-refractivity contribution in [2.24, 2.45) is 0 Å². The van der Waals surface area contributed by atoms with Gasteiger partial charge in [-0.15, -0.1) is 0 Å². The first-order valence-corrected chi connectivity index (χ1v) is 9.93. The Morgan fingerprint density at radius 1 is 1.21 bits per heavy atom. The fourth-order valence-corrected chi connectivity index (χ4v) is 3.55. The number of benzene rings is 2. The maximum Gasteiger partial charge on any atom is 0.318 e. The van der Waals surface area contributed by atoms with Crippen LogP contribution in [-0.2, 0) is 4.74 Å². The number of amides is 2. The third kappa shape index (κ3) is 4.32. The van der Waals surface area contributed by atoms with E-state index in [1.54, 1.807) is 4.90 Å². The summed E-state index contributed by atoms with van der Waals surface area (Å²) in [5, 5.41) is 3.10. The molecule has 0 bridgehead atoms. The van der Waals surface area contributed by atoms with Gasteiger partial charge >= 0.3 is 6.03 Å². The molecule has 1 saturated heterocycles. The normalized spacial score (nSPS) is 17.7. The van der Waals surface area contributed by atoms with E-state index in [4.69, 9.17) is 4.74 Å². The highest BCUT2D eigenvalue weighted by atomic mass is 16.5. The molecule has 0 unspecified atom stereocenters. The van der Waals surface area contributed by atoms with Gasteiger partial charge in [0.2, 0.25) is 0 Å². The van der Waals surface area contributed by atoms with E-state index >= 15 is 0 Å². The Morgan fingerprint density at radius 2 is 1.97 bits per heavy atom. The monoisotopic (exact) mass is 390 g/mol. The van der Waals surface area contributed by atoms with Crippen LogP contribution in [0.5, 0.6) is 0 Å². The second kappa shape index (κ2) is 8.49. The maximum absolute atomic E-state index is 13.0. The van der Waals surface area contributed by atoms with E-state index in [2.05, 4.69) is 46.5 Å². The van der Waals surface area contributed by atoms with Gasteiger partial charge in [0.1, 0.15) is 11.9 Å². The van der Waals surface area contributed by atoms with Gasteiger partial charge in [0, 0.05) is 6.54 Å². The number of H-pyrrole nitrogens is 1. The van der Waals surface area contributed by atoms with Gasteiger partial charge in [0.25, 0.3) is 0 Å². The molecular formula is C23H26N4O2. The Morgan fingerprint density at radius 3 is 2.72 bits per heavy atom. The summed E-state index contributed by atoms with van der Waals surface area (Å²) in [6.07, 6.45) is 1.82. The Balaban J connectivity index is 1.50. The standard InChI is InChI=1S/C23H26N4O2/c1-16-8-10-19(11-9-16)20-14-24-22(26-20)21-15-29-13-12-27(21)23(28)25-17(2)18-6-4-3-5-7-18/h3-11,14,17,21H,12-13,15H2,1-2H3,(H,24,26)(H,25,28)/t17-,21+/m1/s1. The first kappa shape index (κ1) is 19.2. The topological polar surface area (TPSA) is 70.2 Å². The third-order valence-electron chi connectivity index (χ3n) is 5.30. The largest absolute Gasteiger partial charge is 0.377 e. The molecule has 2 aromatic carbocycles. The minimum atomic E-state index is -0.245. The predicted octanol–water partition coefficient (Wildman–Crippen LogP) is 4.23. The number of nitrogens with zero attached hydrogens (tertiary/aromatic N) is 2. The molecule has 0 spiro atoms. The van der Waals surface area contributed by atoms with Crippen molar-refractivity contribution < 1.29 is 9.53 Å². The van der Waals surface area contributed by atoms with Gasteiger partial charge in [0.15, 0.2) is 0 Å². The van der Waals surface area contributed by atoms with E-state index in [1.165, 1.54) is 5.56 Å². The highest BCUT2D eigenvalue weighted by molar-refractivity contribution is 5.75. The minimum Gasteiger partial charge on any atom is -0.377 e. The van der Waals surface area contributed by atoms with Crippen molar-refractivity contribution in [2.75, 3.05) is 19.8 Å². The van der Waals surface area contributed by atoms with Crippen molar-refractivity contribution in [3.63, 3.8) is 0 Å². The Labute approximate surface area is 170 Å². The SMILES string of the molecule is Cc1ccc(-c2cnc([C@@H]3COCCN3C(=O)N[C@H](C)c3ccccc3)[nH]2)cc1. The molecule has 0 radical (unpaired) electrons. The molecule has 1 fully saturated rings. The summed E-state index contributed by atoms with van der Waals surface area (Å²) in [7, 11) is 0. The second-order valence-electron chi connectivity index (χ2n) is 7.41. The van der Waals surface area contributed by atoms with Gasteiger partial charge in [-0.1, -0.05) is 60.2 Å². The van der Waals surface area contributed by atoms with Gasteiger partial charge < -0.3 is 19.9 Å². The number of hydrogen-bond donors (Lipinski definition) is 2. The van der Waals surface area contributed by atoms with Crippen molar-refractivity contribution in [1.29, 1.82) is 0 Å². The van der Waals surface area contributed by atoms with E-state index in [-0.39, 0.29) is 18.1 Å². The number of nitrogens with one attached hydrogen (secondary N) is 2. The third-order valence-corrected chi connectivity index (χ3v) is 5.30. The molecule has 29 heavy (non-hydrogen) atoms. The summed E-state index contributed by atoms with van der Waals surface area (Å²) >= 11 is 0. The average Bonchev–Trinajstić information content (AvgIpc) is 3.25. The summed E-state index contributed by atoms with van der Waals surface area (Å²) in [4.78, 5) is 22.7. The van der Waals surface area contributed by atoms with Crippen LogP contribution in [0.4, 0.5) is 4.79 Å². The average molecular weight is 390 g/mol. The van der Waals surface area contributed by atoms with Crippen LogP contribution in [0.25, 0.3) is 11.3 Å². The predicted molar refractivity (Wildman–Crippen MR) is 112 cm³/mol. The van der Waals surface area contributed by atoms with Crippen LogP contribution in [0.1, 0.15) is 36.0 Å². The summed E-state index contributed by atoms with van der Waals surface area (Å²) in [6.45, 7) is 5.53. The van der Waals surface area contributed by atoms with Crippen LogP contribution in [0, 0.1) is 6.92 Å². The number of hydrogen-bond acceptors (Lipinski definition) is 3. The number of ether oxygens (including phenoxy) is 1. The number of imidazole rings is 1. The van der Waals surface area contributed by atoms with Gasteiger partial charge in [-0.3, -0.25) is 0 Å². The smallest absolute Gasteiger partial charge is 0.318 e. The molecule has 3 aromatic rings. The second-order valence-corrected chi connectivity index (χ2v) is 7.41. The van der Waals surface area contributed by atoms with E-state index in [9.17, 15) is 4.79 Å². The number of carbonyl (C=O) groups excluding carboxylic acids is 1. The zero-order valence-corrected chi connectivity index (χ0v) is 16.8. The lowest BCUT2D eigenvalue weighted by Gasteiger charge is -2.35. The molecule has 6 nitrogen and oxygen atoms in total. The van der Waals surface area contributed by atoms with Gasteiger partial charge in [-0.25, -0.2) is 9.78 Å². The van der Waals surface area contributed by atoms with Gasteiger partial charge in [0.05, 0.1) is 31.1 Å². The van der Waals surface area contributed by atoms with Gasteiger partial charge in [-0.2, -0.15) is 0 Å². The maximum atomic E-state index is 13.0. The Bertz CT molecular complexity index is 953. The van der Waals surface area contributed by atoms with Crippen LogP contribution >= 0.6 is 0 Å². The highest BCUT2D eigenvalue weighted by Crippen LogP contribution is 2.26. The molecule has 1 aliphatic heterocycles. The molecule has 150 valence electrons. The first-order chi connectivity index (χ1) is 14.1. The molecule has 0 saturated carbocycles. The molecule has 2 amide bonds. The van der Waals surface area contributed by atoms with Crippen LogP contribution in [-0.4, -0.2) is 40.7 Å². The zero-order chi connectivity index (χ0) is 20.2. The molecule has 4 rings (SSSR count). The highest BCUT2D eigenvalue weighted by Gasteiger charge is 2.31. The minimum absolute atomic E-state index is 0.0769. The lowest BCUT2D eigenvalue weighted by molar-refractivity contribution is 0.00840. The van der Waals surface area contributed by atoms with Crippen molar-refractivity contribution >= 4 is 6.03 Å². The van der Waals surface area contributed by atoms with Crippen LogP contribution in [0.15, 0.2) is 60.8 Å². The number of rotatable bonds is 4. The summed E-state index contributed by atoms with van der Waals surface area (Å²) in [6, 6.07) is 17.8. The lowest BCUT2D eigenvalue weighted by atomic mass is 10.1. The van der Waals surface area contributed by atoms with Crippen molar-refractivity contribution in [1.82, 2.24) is 20.2 Å². The fraction of sp³-hybridized carbons (Fsp3) is 0.304. The molecular weight excluding hydrogens is 364 g/mol. The molecule has 0 aliphatic carbocycles.